The second-order valence-corrected chi connectivity index (χ2v) is 5.91. The number of ether oxygens (including phenoxy) is 1. The van der Waals surface area contributed by atoms with E-state index in [-0.39, 0.29) is 0 Å². The normalized spacial score (nSPS) is 44.8. The van der Waals surface area contributed by atoms with Crippen molar-refractivity contribution in [2.75, 3.05) is 6.61 Å². The van der Waals surface area contributed by atoms with Crippen molar-refractivity contribution in [1.82, 2.24) is 0 Å². The number of hydrogen-bond acceptors (Lipinski definition) is 2. The molecule has 2 fully saturated rings. The molecular formula is C14H26O2. The Labute approximate surface area is 99.4 Å². The summed E-state index contributed by atoms with van der Waals surface area (Å²) in [7, 11) is 0. The largest absolute Gasteiger partial charge is 0.396 e. The lowest BCUT2D eigenvalue weighted by Gasteiger charge is -2.30. The summed E-state index contributed by atoms with van der Waals surface area (Å²) in [6.45, 7) is 4.85. The molecule has 0 bridgehead atoms. The molecule has 2 heteroatoms. The summed E-state index contributed by atoms with van der Waals surface area (Å²) in [6.07, 6.45) is 8.40. The monoisotopic (exact) mass is 226 g/mol. The van der Waals surface area contributed by atoms with E-state index in [1.54, 1.807) is 0 Å². The first-order chi connectivity index (χ1) is 7.70. The zero-order valence-electron chi connectivity index (χ0n) is 10.7. The Kier molecular flexibility index (Phi) is 4.26. The highest BCUT2D eigenvalue weighted by atomic mass is 16.5. The molecule has 1 aliphatic carbocycles. The number of rotatable bonds is 3. The zero-order valence-corrected chi connectivity index (χ0v) is 10.7. The van der Waals surface area contributed by atoms with Crippen LogP contribution in [0.2, 0.25) is 0 Å². The van der Waals surface area contributed by atoms with Gasteiger partial charge in [-0.05, 0) is 50.4 Å². The summed E-state index contributed by atoms with van der Waals surface area (Å²) in [5.41, 5.74) is 0. The van der Waals surface area contributed by atoms with E-state index in [1.807, 2.05) is 0 Å². The van der Waals surface area contributed by atoms with E-state index < -0.39 is 0 Å². The van der Waals surface area contributed by atoms with Gasteiger partial charge in [-0.3, -0.25) is 0 Å². The molecule has 1 saturated heterocycles. The van der Waals surface area contributed by atoms with Gasteiger partial charge in [0.15, 0.2) is 0 Å². The molecule has 3 unspecified atom stereocenters. The SMILES string of the molecule is CC1CCC(C2CC(CCO)C(C)O2)CC1. The molecule has 2 rings (SSSR count). The van der Waals surface area contributed by atoms with Crippen molar-refractivity contribution in [2.45, 2.75) is 64.6 Å². The number of hydrogen-bond donors (Lipinski definition) is 1. The second kappa shape index (κ2) is 5.50. The Balaban J connectivity index is 1.83. The van der Waals surface area contributed by atoms with Crippen molar-refractivity contribution < 1.29 is 9.84 Å². The van der Waals surface area contributed by atoms with Crippen LogP contribution in [0.3, 0.4) is 0 Å². The molecular weight excluding hydrogens is 200 g/mol. The van der Waals surface area contributed by atoms with Crippen molar-refractivity contribution in [3.05, 3.63) is 0 Å². The smallest absolute Gasteiger partial charge is 0.0610 e. The van der Waals surface area contributed by atoms with Crippen molar-refractivity contribution in [3.63, 3.8) is 0 Å². The molecule has 1 aliphatic heterocycles. The third-order valence-electron chi connectivity index (χ3n) is 4.67. The summed E-state index contributed by atoms with van der Waals surface area (Å²) in [6, 6.07) is 0. The maximum Gasteiger partial charge on any atom is 0.0610 e. The number of aliphatic hydroxyl groups is 1. The third-order valence-corrected chi connectivity index (χ3v) is 4.67. The first-order valence-corrected chi connectivity index (χ1v) is 6.97. The average molecular weight is 226 g/mol. The zero-order chi connectivity index (χ0) is 11.5. The molecule has 1 heterocycles. The lowest BCUT2D eigenvalue weighted by Crippen LogP contribution is -2.25. The Morgan fingerprint density at radius 1 is 1.12 bits per heavy atom. The molecule has 0 amide bonds. The fraction of sp³-hybridized carbons (Fsp3) is 1.00. The van der Waals surface area contributed by atoms with E-state index in [0.29, 0.717) is 24.7 Å². The summed E-state index contributed by atoms with van der Waals surface area (Å²) in [4.78, 5) is 0. The van der Waals surface area contributed by atoms with Crippen molar-refractivity contribution >= 4 is 0 Å². The van der Waals surface area contributed by atoms with Gasteiger partial charge in [0.1, 0.15) is 0 Å². The van der Waals surface area contributed by atoms with Gasteiger partial charge < -0.3 is 9.84 Å². The van der Waals surface area contributed by atoms with Gasteiger partial charge >= 0.3 is 0 Å². The minimum absolute atomic E-state index is 0.312. The first kappa shape index (κ1) is 12.4. The predicted octanol–water partition coefficient (Wildman–Crippen LogP) is 2.99. The first-order valence-electron chi connectivity index (χ1n) is 6.97. The summed E-state index contributed by atoms with van der Waals surface area (Å²) in [5, 5.41) is 9.02. The highest BCUT2D eigenvalue weighted by Gasteiger charge is 2.37. The van der Waals surface area contributed by atoms with E-state index in [0.717, 1.165) is 18.3 Å². The molecule has 0 aromatic carbocycles. The van der Waals surface area contributed by atoms with E-state index in [1.165, 1.54) is 32.1 Å². The molecule has 16 heavy (non-hydrogen) atoms. The molecule has 0 spiro atoms. The Hall–Kier alpha value is -0.0800. The van der Waals surface area contributed by atoms with Crippen LogP contribution in [-0.2, 0) is 4.74 Å². The van der Waals surface area contributed by atoms with Gasteiger partial charge in [-0.25, -0.2) is 0 Å². The maximum atomic E-state index is 9.02. The second-order valence-electron chi connectivity index (χ2n) is 5.91. The van der Waals surface area contributed by atoms with Crippen LogP contribution >= 0.6 is 0 Å². The van der Waals surface area contributed by atoms with Gasteiger partial charge in [0.2, 0.25) is 0 Å². The minimum Gasteiger partial charge on any atom is -0.396 e. The quantitative estimate of drug-likeness (QED) is 0.801. The Bertz CT molecular complexity index is 209. The molecule has 3 atom stereocenters. The molecule has 94 valence electrons. The average Bonchev–Trinajstić information content (AvgIpc) is 2.62. The summed E-state index contributed by atoms with van der Waals surface area (Å²) < 4.78 is 6.09. The molecule has 0 aromatic heterocycles. The highest BCUT2D eigenvalue weighted by Crippen LogP contribution is 2.39. The van der Waals surface area contributed by atoms with E-state index in [4.69, 9.17) is 9.84 Å². The van der Waals surface area contributed by atoms with Crippen molar-refractivity contribution in [2.24, 2.45) is 17.8 Å². The lowest BCUT2D eigenvalue weighted by atomic mass is 9.78. The lowest BCUT2D eigenvalue weighted by molar-refractivity contribution is -0.00164. The fourth-order valence-corrected chi connectivity index (χ4v) is 3.41. The van der Waals surface area contributed by atoms with Gasteiger partial charge in [0.05, 0.1) is 12.2 Å². The van der Waals surface area contributed by atoms with Crippen LogP contribution in [-0.4, -0.2) is 23.9 Å². The van der Waals surface area contributed by atoms with E-state index in [2.05, 4.69) is 13.8 Å². The van der Waals surface area contributed by atoms with Gasteiger partial charge in [0, 0.05) is 6.61 Å². The molecule has 0 aromatic rings. The van der Waals surface area contributed by atoms with E-state index >= 15 is 0 Å². The van der Waals surface area contributed by atoms with Gasteiger partial charge in [0.25, 0.3) is 0 Å². The van der Waals surface area contributed by atoms with Gasteiger partial charge in [-0.2, -0.15) is 0 Å². The summed E-state index contributed by atoms with van der Waals surface area (Å²) in [5.74, 6) is 2.31. The Morgan fingerprint density at radius 2 is 1.81 bits per heavy atom. The van der Waals surface area contributed by atoms with Crippen LogP contribution in [0, 0.1) is 17.8 Å². The van der Waals surface area contributed by atoms with Crippen LogP contribution in [0.1, 0.15) is 52.4 Å². The molecule has 1 saturated carbocycles. The van der Waals surface area contributed by atoms with Crippen molar-refractivity contribution in [1.29, 1.82) is 0 Å². The Morgan fingerprint density at radius 3 is 2.44 bits per heavy atom. The molecule has 2 aliphatic rings. The predicted molar refractivity (Wildman–Crippen MR) is 65.3 cm³/mol. The summed E-state index contributed by atoms with van der Waals surface area (Å²) >= 11 is 0. The standard InChI is InChI=1S/C14H26O2/c1-10-3-5-12(6-4-10)14-9-13(7-8-15)11(2)16-14/h10-15H,3-9H2,1-2H3. The van der Waals surface area contributed by atoms with Crippen LogP contribution in [0.4, 0.5) is 0 Å². The van der Waals surface area contributed by atoms with Crippen LogP contribution in [0.25, 0.3) is 0 Å². The van der Waals surface area contributed by atoms with E-state index in [9.17, 15) is 0 Å². The fourth-order valence-electron chi connectivity index (χ4n) is 3.41. The maximum absolute atomic E-state index is 9.02. The van der Waals surface area contributed by atoms with Gasteiger partial charge in [-0.15, -0.1) is 0 Å². The molecule has 2 nitrogen and oxygen atoms in total. The molecule has 0 radical (unpaired) electrons. The number of aliphatic hydroxyl groups excluding tert-OH is 1. The highest BCUT2D eigenvalue weighted by molar-refractivity contribution is 4.86. The third kappa shape index (κ3) is 2.78. The van der Waals surface area contributed by atoms with Crippen molar-refractivity contribution in [3.8, 4) is 0 Å². The van der Waals surface area contributed by atoms with Crippen LogP contribution in [0.15, 0.2) is 0 Å². The van der Waals surface area contributed by atoms with Crippen LogP contribution < -0.4 is 0 Å². The minimum atomic E-state index is 0.312. The molecule has 1 N–H and O–H groups in total. The van der Waals surface area contributed by atoms with Crippen LogP contribution in [0.5, 0.6) is 0 Å². The topological polar surface area (TPSA) is 29.5 Å². The van der Waals surface area contributed by atoms with Gasteiger partial charge in [-0.1, -0.05) is 19.8 Å².